The second-order valence-corrected chi connectivity index (χ2v) is 8.28. The van der Waals surface area contributed by atoms with E-state index < -0.39 is 0 Å². The standard InChI is InChI=1S/C13H13ClN2.C12H16N4O2/c1-3-10-7-12(14)13(16-8-10)11-4-5-15-9(2)6-11;1-10(18)15-4-6-16(7-5-15)11-2-3-12(13-8-11)14-9-17/h4-8H,3H2,1-2H3;2-3,8-9H,4-7H2,1H3,(H,13,14,17). The molecule has 0 saturated carbocycles. The Morgan fingerprint density at radius 2 is 1.85 bits per heavy atom. The van der Waals surface area contributed by atoms with Crippen LogP contribution in [0.1, 0.15) is 25.1 Å². The number of rotatable bonds is 5. The molecule has 1 N–H and O–H groups in total. The van der Waals surface area contributed by atoms with Crippen LogP contribution in [0.4, 0.5) is 11.5 Å². The first-order valence-corrected chi connectivity index (χ1v) is 11.5. The van der Waals surface area contributed by atoms with Gasteiger partial charge in [-0.1, -0.05) is 18.5 Å². The first-order valence-electron chi connectivity index (χ1n) is 11.2. The Morgan fingerprint density at radius 1 is 1.09 bits per heavy atom. The molecule has 4 rings (SSSR count). The van der Waals surface area contributed by atoms with E-state index in [0.717, 1.165) is 60.8 Å². The van der Waals surface area contributed by atoms with Gasteiger partial charge in [-0.15, -0.1) is 0 Å². The van der Waals surface area contributed by atoms with Crippen LogP contribution in [0.15, 0.2) is 48.9 Å². The van der Waals surface area contributed by atoms with Gasteiger partial charge in [-0.2, -0.15) is 0 Å². The first-order chi connectivity index (χ1) is 16.4. The summed E-state index contributed by atoms with van der Waals surface area (Å²) in [5.41, 5.74) is 4.97. The highest BCUT2D eigenvalue weighted by molar-refractivity contribution is 6.33. The number of anilines is 2. The van der Waals surface area contributed by atoms with Gasteiger partial charge in [0.1, 0.15) is 5.82 Å². The van der Waals surface area contributed by atoms with Gasteiger partial charge in [-0.3, -0.25) is 19.6 Å². The Kier molecular flexibility index (Phi) is 8.93. The quantitative estimate of drug-likeness (QED) is 0.555. The van der Waals surface area contributed by atoms with Gasteiger partial charge in [0.15, 0.2) is 0 Å². The lowest BCUT2D eigenvalue weighted by Crippen LogP contribution is -2.48. The summed E-state index contributed by atoms with van der Waals surface area (Å²) in [5, 5.41) is 3.20. The van der Waals surface area contributed by atoms with Crippen LogP contribution < -0.4 is 10.2 Å². The third kappa shape index (κ3) is 6.74. The van der Waals surface area contributed by atoms with E-state index in [1.165, 1.54) is 0 Å². The Labute approximate surface area is 205 Å². The van der Waals surface area contributed by atoms with Gasteiger partial charge >= 0.3 is 0 Å². The predicted octanol–water partition coefficient (Wildman–Crippen LogP) is 3.99. The Balaban J connectivity index is 0.000000192. The van der Waals surface area contributed by atoms with Crippen molar-refractivity contribution in [3.8, 4) is 11.3 Å². The van der Waals surface area contributed by atoms with Crippen LogP contribution >= 0.6 is 11.6 Å². The topological polar surface area (TPSA) is 91.3 Å². The molecule has 0 aliphatic carbocycles. The van der Waals surface area contributed by atoms with Crippen LogP contribution in [0, 0.1) is 6.92 Å². The van der Waals surface area contributed by atoms with Crippen molar-refractivity contribution in [1.29, 1.82) is 0 Å². The number of nitrogens with zero attached hydrogens (tertiary/aromatic N) is 5. The van der Waals surface area contributed by atoms with Gasteiger partial charge in [-0.25, -0.2) is 4.98 Å². The molecule has 1 saturated heterocycles. The summed E-state index contributed by atoms with van der Waals surface area (Å²) >= 11 is 6.21. The lowest BCUT2D eigenvalue weighted by molar-refractivity contribution is -0.129. The third-order valence-electron chi connectivity index (χ3n) is 5.52. The lowest BCUT2D eigenvalue weighted by Gasteiger charge is -2.35. The number of pyridine rings is 3. The fraction of sp³-hybridized carbons (Fsp3) is 0.320. The molecule has 34 heavy (non-hydrogen) atoms. The van der Waals surface area contributed by atoms with Crippen molar-refractivity contribution in [2.45, 2.75) is 27.2 Å². The number of carbonyl (C=O) groups excluding carboxylic acids is 2. The predicted molar refractivity (Wildman–Crippen MR) is 135 cm³/mol. The van der Waals surface area contributed by atoms with Crippen LogP contribution in [0.25, 0.3) is 11.3 Å². The van der Waals surface area contributed by atoms with Crippen molar-refractivity contribution < 1.29 is 9.59 Å². The summed E-state index contributed by atoms with van der Waals surface area (Å²) in [6.07, 6.45) is 6.93. The number of piperazine rings is 1. The van der Waals surface area contributed by atoms with E-state index in [2.05, 4.69) is 32.1 Å². The normalized spacial score (nSPS) is 13.1. The molecule has 0 spiro atoms. The number of hydrogen-bond donors (Lipinski definition) is 1. The van der Waals surface area contributed by atoms with Crippen molar-refractivity contribution in [3.63, 3.8) is 0 Å². The minimum absolute atomic E-state index is 0.123. The summed E-state index contributed by atoms with van der Waals surface area (Å²) in [5.74, 6) is 0.662. The molecule has 0 atom stereocenters. The molecule has 1 aliphatic rings. The van der Waals surface area contributed by atoms with E-state index in [-0.39, 0.29) is 5.91 Å². The van der Waals surface area contributed by atoms with Crippen LogP contribution in [0.5, 0.6) is 0 Å². The largest absolute Gasteiger partial charge is 0.367 e. The highest BCUT2D eigenvalue weighted by atomic mass is 35.5. The van der Waals surface area contributed by atoms with Crippen molar-refractivity contribution in [2.24, 2.45) is 0 Å². The molecule has 1 aliphatic heterocycles. The maximum Gasteiger partial charge on any atom is 0.219 e. The molecule has 0 aromatic carbocycles. The number of hydrogen-bond acceptors (Lipinski definition) is 6. The molecule has 0 radical (unpaired) electrons. The third-order valence-corrected chi connectivity index (χ3v) is 5.81. The second kappa shape index (κ2) is 12.1. The van der Waals surface area contributed by atoms with E-state index in [0.29, 0.717) is 17.3 Å². The number of carbonyl (C=O) groups is 2. The average Bonchev–Trinajstić information content (AvgIpc) is 2.85. The maximum absolute atomic E-state index is 11.2. The number of nitrogens with one attached hydrogen (secondary N) is 1. The molecule has 8 nitrogen and oxygen atoms in total. The molecular formula is C25H29ClN6O2. The number of aromatic nitrogens is 3. The molecule has 3 aromatic heterocycles. The fourth-order valence-corrected chi connectivity index (χ4v) is 3.87. The molecular weight excluding hydrogens is 452 g/mol. The lowest BCUT2D eigenvalue weighted by atomic mass is 10.1. The van der Waals surface area contributed by atoms with Gasteiger partial charge < -0.3 is 15.1 Å². The Hall–Kier alpha value is -3.52. The summed E-state index contributed by atoms with van der Waals surface area (Å²) in [4.78, 5) is 38.2. The van der Waals surface area contributed by atoms with Gasteiger partial charge in [0.2, 0.25) is 12.3 Å². The van der Waals surface area contributed by atoms with E-state index in [9.17, 15) is 9.59 Å². The zero-order valence-electron chi connectivity index (χ0n) is 19.7. The zero-order chi connectivity index (χ0) is 24.5. The highest BCUT2D eigenvalue weighted by Crippen LogP contribution is 2.26. The van der Waals surface area contributed by atoms with Crippen molar-refractivity contribution in [3.05, 3.63) is 65.2 Å². The summed E-state index contributed by atoms with van der Waals surface area (Å²) in [7, 11) is 0. The van der Waals surface area contributed by atoms with E-state index >= 15 is 0 Å². The monoisotopic (exact) mass is 480 g/mol. The number of aryl methyl sites for hydroxylation is 2. The van der Waals surface area contributed by atoms with Gasteiger partial charge in [0.25, 0.3) is 0 Å². The smallest absolute Gasteiger partial charge is 0.219 e. The first kappa shape index (κ1) is 25.1. The average molecular weight is 481 g/mol. The summed E-state index contributed by atoms with van der Waals surface area (Å²) in [6, 6.07) is 9.57. The minimum Gasteiger partial charge on any atom is -0.367 e. The maximum atomic E-state index is 11.2. The Bertz CT molecular complexity index is 1110. The second-order valence-electron chi connectivity index (χ2n) is 7.87. The molecule has 2 amide bonds. The summed E-state index contributed by atoms with van der Waals surface area (Å²) in [6.45, 7) is 8.73. The number of amides is 2. The SMILES string of the molecule is CC(=O)N1CCN(c2ccc(NC=O)nc2)CC1.CCc1cnc(-c2ccnc(C)c2)c(Cl)c1. The molecule has 0 bridgehead atoms. The minimum atomic E-state index is 0.123. The van der Waals surface area contributed by atoms with Gasteiger partial charge in [0, 0.05) is 56.8 Å². The van der Waals surface area contributed by atoms with Crippen LogP contribution in [0.3, 0.4) is 0 Å². The van der Waals surface area contributed by atoms with E-state index in [4.69, 9.17) is 11.6 Å². The molecule has 178 valence electrons. The molecule has 4 heterocycles. The van der Waals surface area contributed by atoms with E-state index in [1.54, 1.807) is 25.4 Å². The van der Waals surface area contributed by atoms with Crippen LogP contribution in [0.2, 0.25) is 5.02 Å². The fourth-order valence-electron chi connectivity index (χ4n) is 3.57. The van der Waals surface area contributed by atoms with Crippen molar-refractivity contribution in [1.82, 2.24) is 19.9 Å². The van der Waals surface area contributed by atoms with Crippen molar-refractivity contribution >= 4 is 35.4 Å². The molecule has 3 aromatic rings. The van der Waals surface area contributed by atoms with E-state index in [1.807, 2.05) is 42.3 Å². The number of halogens is 1. The summed E-state index contributed by atoms with van der Waals surface area (Å²) < 4.78 is 0. The molecule has 1 fully saturated rings. The molecule has 9 heteroatoms. The van der Waals surface area contributed by atoms with Crippen LogP contribution in [-0.4, -0.2) is 58.3 Å². The zero-order valence-corrected chi connectivity index (χ0v) is 20.4. The Morgan fingerprint density at radius 3 is 2.41 bits per heavy atom. The van der Waals surface area contributed by atoms with Crippen LogP contribution in [-0.2, 0) is 16.0 Å². The molecule has 0 unspecified atom stereocenters. The van der Waals surface area contributed by atoms with Crippen molar-refractivity contribution in [2.75, 3.05) is 36.4 Å². The van der Waals surface area contributed by atoms with Gasteiger partial charge in [-0.05, 0) is 49.2 Å². The van der Waals surface area contributed by atoms with Gasteiger partial charge in [0.05, 0.1) is 22.6 Å². The highest BCUT2D eigenvalue weighted by Gasteiger charge is 2.18.